The molecule has 0 saturated carbocycles. The van der Waals surface area contributed by atoms with E-state index in [1.807, 2.05) is 0 Å². The van der Waals surface area contributed by atoms with Gasteiger partial charge in [-0.3, -0.25) is 14.0 Å². The Bertz CT molecular complexity index is 595. The summed E-state index contributed by atoms with van der Waals surface area (Å²) in [5.41, 5.74) is 1.21. The van der Waals surface area contributed by atoms with Crippen LogP contribution in [0.3, 0.4) is 0 Å². The van der Waals surface area contributed by atoms with Gasteiger partial charge in [-0.2, -0.15) is 0 Å². The number of carbonyl (C=O) groups excluding carboxylic acids is 1. The highest BCUT2D eigenvalue weighted by Crippen LogP contribution is 2.04. The zero-order valence-corrected chi connectivity index (χ0v) is 9.77. The molecule has 5 heteroatoms. The SMILES string of the molecule is CC(C)OC(=O)Cc1cn2c(=O)cccc2[nH]1. The number of aromatic amines is 1. The monoisotopic (exact) mass is 234 g/mol. The van der Waals surface area contributed by atoms with E-state index in [1.54, 1.807) is 32.2 Å². The number of hydrogen-bond donors (Lipinski definition) is 1. The molecule has 0 spiro atoms. The molecule has 2 rings (SSSR count). The fraction of sp³-hybridized carbons (Fsp3) is 0.333. The minimum atomic E-state index is -0.306. The lowest BCUT2D eigenvalue weighted by molar-refractivity contribution is -0.146. The van der Waals surface area contributed by atoms with Crippen molar-refractivity contribution in [2.24, 2.45) is 0 Å². The van der Waals surface area contributed by atoms with E-state index in [4.69, 9.17) is 4.74 Å². The van der Waals surface area contributed by atoms with Gasteiger partial charge in [-0.1, -0.05) is 6.07 Å². The molecule has 1 N–H and O–H groups in total. The standard InChI is InChI=1S/C12H14N2O3/c1-8(2)17-12(16)6-9-7-14-10(13-9)4-3-5-11(14)15/h3-5,7-8,13H,6H2,1-2H3. The van der Waals surface area contributed by atoms with Crippen LogP contribution in [0.1, 0.15) is 19.5 Å². The van der Waals surface area contributed by atoms with E-state index < -0.39 is 0 Å². The fourth-order valence-corrected chi connectivity index (χ4v) is 1.64. The number of nitrogens with zero attached hydrogens (tertiary/aromatic N) is 1. The maximum Gasteiger partial charge on any atom is 0.312 e. The third-order valence-corrected chi connectivity index (χ3v) is 2.27. The summed E-state index contributed by atoms with van der Waals surface area (Å²) in [6, 6.07) is 4.92. The van der Waals surface area contributed by atoms with Crippen LogP contribution in [0.15, 0.2) is 29.2 Å². The summed E-state index contributed by atoms with van der Waals surface area (Å²) in [5, 5.41) is 0. The number of nitrogens with one attached hydrogen (secondary N) is 1. The van der Waals surface area contributed by atoms with Gasteiger partial charge < -0.3 is 9.72 Å². The van der Waals surface area contributed by atoms with Crippen LogP contribution in [0.4, 0.5) is 0 Å². The lowest BCUT2D eigenvalue weighted by atomic mass is 10.3. The van der Waals surface area contributed by atoms with Gasteiger partial charge in [0.25, 0.3) is 5.56 Å². The normalized spacial score (nSPS) is 11.0. The van der Waals surface area contributed by atoms with E-state index in [2.05, 4.69) is 4.98 Å². The first-order valence-electron chi connectivity index (χ1n) is 5.45. The molecule has 0 saturated heterocycles. The predicted molar refractivity (Wildman–Crippen MR) is 62.9 cm³/mol. The van der Waals surface area contributed by atoms with E-state index in [9.17, 15) is 9.59 Å². The fourth-order valence-electron chi connectivity index (χ4n) is 1.64. The van der Waals surface area contributed by atoms with Gasteiger partial charge in [-0.15, -0.1) is 0 Å². The largest absolute Gasteiger partial charge is 0.463 e. The summed E-state index contributed by atoms with van der Waals surface area (Å²) < 4.78 is 6.50. The van der Waals surface area contributed by atoms with Gasteiger partial charge in [-0.25, -0.2) is 0 Å². The topological polar surface area (TPSA) is 63.6 Å². The highest BCUT2D eigenvalue weighted by Gasteiger charge is 2.09. The van der Waals surface area contributed by atoms with Crippen molar-refractivity contribution >= 4 is 11.6 Å². The van der Waals surface area contributed by atoms with Crippen LogP contribution in [0.5, 0.6) is 0 Å². The molecule has 0 amide bonds. The average Bonchev–Trinajstić information content (AvgIpc) is 2.60. The van der Waals surface area contributed by atoms with E-state index in [0.717, 1.165) is 0 Å². The zero-order chi connectivity index (χ0) is 12.4. The molecular weight excluding hydrogens is 220 g/mol. The minimum Gasteiger partial charge on any atom is -0.463 e. The van der Waals surface area contributed by atoms with Crippen LogP contribution in [-0.2, 0) is 16.0 Å². The number of ether oxygens (including phenoxy) is 1. The minimum absolute atomic E-state index is 0.123. The van der Waals surface area contributed by atoms with Gasteiger partial charge >= 0.3 is 5.97 Å². The second-order valence-corrected chi connectivity index (χ2v) is 4.11. The second kappa shape index (κ2) is 4.45. The first kappa shape index (κ1) is 11.4. The molecule has 90 valence electrons. The number of hydrogen-bond acceptors (Lipinski definition) is 3. The van der Waals surface area contributed by atoms with Crippen LogP contribution in [0.2, 0.25) is 0 Å². The number of carbonyl (C=O) groups is 1. The maximum absolute atomic E-state index is 11.5. The van der Waals surface area contributed by atoms with Crippen molar-refractivity contribution in [1.29, 1.82) is 0 Å². The van der Waals surface area contributed by atoms with Crippen molar-refractivity contribution in [2.75, 3.05) is 0 Å². The molecule has 0 fully saturated rings. The second-order valence-electron chi connectivity index (χ2n) is 4.11. The molecule has 17 heavy (non-hydrogen) atoms. The highest BCUT2D eigenvalue weighted by molar-refractivity contribution is 5.72. The summed E-state index contributed by atoms with van der Waals surface area (Å²) in [6.07, 6.45) is 1.63. The molecule has 0 aliphatic heterocycles. The van der Waals surface area contributed by atoms with Crippen molar-refractivity contribution in [3.63, 3.8) is 0 Å². The molecule has 2 aromatic rings. The van der Waals surface area contributed by atoms with Crippen molar-refractivity contribution < 1.29 is 9.53 Å². The zero-order valence-electron chi connectivity index (χ0n) is 9.77. The number of H-pyrrole nitrogens is 1. The van der Waals surface area contributed by atoms with Gasteiger partial charge in [0.2, 0.25) is 0 Å². The van der Waals surface area contributed by atoms with Crippen molar-refractivity contribution in [1.82, 2.24) is 9.38 Å². The molecular formula is C12H14N2O3. The van der Waals surface area contributed by atoms with E-state index in [1.165, 1.54) is 10.5 Å². The number of imidazole rings is 1. The molecule has 0 aliphatic carbocycles. The van der Waals surface area contributed by atoms with Gasteiger partial charge in [0.15, 0.2) is 0 Å². The van der Waals surface area contributed by atoms with Crippen molar-refractivity contribution in [2.45, 2.75) is 26.4 Å². The van der Waals surface area contributed by atoms with Crippen molar-refractivity contribution in [3.8, 4) is 0 Å². The quantitative estimate of drug-likeness (QED) is 0.809. The molecule has 2 heterocycles. The smallest absolute Gasteiger partial charge is 0.312 e. The Morgan fingerprint density at radius 1 is 1.47 bits per heavy atom. The first-order valence-corrected chi connectivity index (χ1v) is 5.45. The number of esters is 1. The van der Waals surface area contributed by atoms with Crippen LogP contribution in [0, 0.1) is 0 Å². The summed E-state index contributed by atoms with van der Waals surface area (Å²) in [6.45, 7) is 3.60. The average molecular weight is 234 g/mol. The highest BCUT2D eigenvalue weighted by atomic mass is 16.5. The third-order valence-electron chi connectivity index (χ3n) is 2.27. The van der Waals surface area contributed by atoms with Crippen molar-refractivity contribution in [3.05, 3.63) is 40.4 Å². The Balaban J connectivity index is 2.23. The Labute approximate surface area is 98.0 Å². The molecule has 5 nitrogen and oxygen atoms in total. The Morgan fingerprint density at radius 2 is 2.24 bits per heavy atom. The molecule has 0 bridgehead atoms. The molecule has 0 aliphatic rings. The van der Waals surface area contributed by atoms with Gasteiger partial charge in [-0.05, 0) is 19.9 Å². The molecule has 0 unspecified atom stereocenters. The summed E-state index contributed by atoms with van der Waals surface area (Å²) in [7, 11) is 0. The number of aromatic nitrogens is 2. The Kier molecular flexibility index (Phi) is 2.99. The summed E-state index contributed by atoms with van der Waals surface area (Å²) in [5.74, 6) is -0.306. The Morgan fingerprint density at radius 3 is 2.88 bits per heavy atom. The number of fused-ring (bicyclic) bond motifs is 1. The number of pyridine rings is 1. The first-order chi connectivity index (χ1) is 8.06. The van der Waals surface area contributed by atoms with Crippen LogP contribution in [0.25, 0.3) is 5.65 Å². The van der Waals surface area contributed by atoms with E-state index in [0.29, 0.717) is 11.3 Å². The molecule has 0 radical (unpaired) electrons. The van der Waals surface area contributed by atoms with E-state index in [-0.39, 0.29) is 24.1 Å². The Hall–Kier alpha value is -2.04. The van der Waals surface area contributed by atoms with Crippen LogP contribution in [-0.4, -0.2) is 21.5 Å². The van der Waals surface area contributed by atoms with Gasteiger partial charge in [0, 0.05) is 18.0 Å². The van der Waals surface area contributed by atoms with E-state index >= 15 is 0 Å². The number of rotatable bonds is 3. The summed E-state index contributed by atoms with van der Waals surface area (Å²) >= 11 is 0. The lowest BCUT2D eigenvalue weighted by Crippen LogP contribution is -2.13. The third kappa shape index (κ3) is 2.55. The van der Waals surface area contributed by atoms with Crippen LogP contribution < -0.4 is 5.56 Å². The van der Waals surface area contributed by atoms with Crippen LogP contribution >= 0.6 is 0 Å². The summed E-state index contributed by atoms with van der Waals surface area (Å²) in [4.78, 5) is 25.9. The molecule has 2 aromatic heterocycles. The van der Waals surface area contributed by atoms with Gasteiger partial charge in [0.05, 0.1) is 12.5 Å². The molecule has 0 atom stereocenters. The lowest BCUT2D eigenvalue weighted by Gasteiger charge is -2.06. The predicted octanol–water partition coefficient (Wildman–Crippen LogP) is 1.12. The molecule has 0 aromatic carbocycles. The maximum atomic E-state index is 11.5. The van der Waals surface area contributed by atoms with Gasteiger partial charge in [0.1, 0.15) is 5.65 Å².